The molecule has 0 aromatic heterocycles. The average Bonchev–Trinajstić information content (AvgIpc) is 2.89. The number of hydrogen-bond acceptors (Lipinski definition) is 2. The summed E-state index contributed by atoms with van der Waals surface area (Å²) in [5.41, 5.74) is 3.44. The summed E-state index contributed by atoms with van der Waals surface area (Å²) in [5.74, 6) is 0.791. The third kappa shape index (κ3) is 2.75. The van der Waals surface area contributed by atoms with Crippen LogP contribution in [0.2, 0.25) is 0 Å². The van der Waals surface area contributed by atoms with Gasteiger partial charge in [-0.1, -0.05) is 6.07 Å². The Bertz CT molecular complexity index is 644. The average molecular weight is 383 g/mol. The maximum Gasteiger partial charge on any atom is 0.124 e. The second-order valence-electron chi connectivity index (χ2n) is 4.96. The summed E-state index contributed by atoms with van der Waals surface area (Å²) in [5, 5.41) is 3.43. The monoisotopic (exact) mass is 383 g/mol. The van der Waals surface area contributed by atoms with Crippen LogP contribution in [-0.2, 0) is 6.42 Å². The van der Waals surface area contributed by atoms with E-state index in [9.17, 15) is 4.39 Å². The van der Waals surface area contributed by atoms with Gasteiger partial charge in [0.1, 0.15) is 11.6 Å². The molecule has 1 aliphatic heterocycles. The van der Waals surface area contributed by atoms with Crippen molar-refractivity contribution in [3.8, 4) is 5.75 Å². The molecule has 0 saturated heterocycles. The zero-order chi connectivity index (χ0) is 14.1. The highest BCUT2D eigenvalue weighted by Gasteiger charge is 2.15. The summed E-state index contributed by atoms with van der Waals surface area (Å²) in [7, 11) is 0. The third-order valence-electron chi connectivity index (χ3n) is 3.52. The predicted molar refractivity (Wildman–Crippen MR) is 86.8 cm³/mol. The van der Waals surface area contributed by atoms with Crippen molar-refractivity contribution < 1.29 is 9.13 Å². The van der Waals surface area contributed by atoms with Crippen molar-refractivity contribution in [2.24, 2.45) is 0 Å². The molecule has 2 aromatic carbocycles. The first kappa shape index (κ1) is 13.7. The van der Waals surface area contributed by atoms with Gasteiger partial charge in [-0.3, -0.25) is 0 Å². The first-order valence-electron chi connectivity index (χ1n) is 6.61. The summed E-state index contributed by atoms with van der Waals surface area (Å²) in [6.45, 7) is 2.88. The topological polar surface area (TPSA) is 21.3 Å². The van der Waals surface area contributed by atoms with E-state index in [1.165, 1.54) is 23.3 Å². The van der Waals surface area contributed by atoms with E-state index >= 15 is 0 Å². The molecule has 0 radical (unpaired) electrons. The minimum Gasteiger partial charge on any atom is -0.493 e. The van der Waals surface area contributed by atoms with E-state index in [-0.39, 0.29) is 11.9 Å². The molecule has 1 atom stereocenters. The Labute approximate surface area is 131 Å². The van der Waals surface area contributed by atoms with E-state index < -0.39 is 0 Å². The van der Waals surface area contributed by atoms with E-state index in [1.54, 1.807) is 6.07 Å². The highest BCUT2D eigenvalue weighted by atomic mass is 127. The van der Waals surface area contributed by atoms with Crippen molar-refractivity contribution in [2.45, 2.75) is 19.4 Å². The molecule has 2 nitrogen and oxygen atoms in total. The number of benzene rings is 2. The van der Waals surface area contributed by atoms with E-state index in [2.05, 4.69) is 47.0 Å². The highest BCUT2D eigenvalue weighted by Crippen LogP contribution is 2.30. The molecule has 20 heavy (non-hydrogen) atoms. The largest absolute Gasteiger partial charge is 0.493 e. The number of anilines is 1. The molecule has 1 N–H and O–H groups in total. The van der Waals surface area contributed by atoms with E-state index in [1.807, 2.05) is 6.07 Å². The summed E-state index contributed by atoms with van der Waals surface area (Å²) in [4.78, 5) is 0. The van der Waals surface area contributed by atoms with E-state index in [0.29, 0.717) is 0 Å². The molecule has 3 rings (SSSR count). The maximum atomic E-state index is 13.1. The lowest BCUT2D eigenvalue weighted by Crippen LogP contribution is -2.08. The van der Waals surface area contributed by atoms with Gasteiger partial charge in [0, 0.05) is 21.7 Å². The summed E-state index contributed by atoms with van der Waals surface area (Å²) >= 11 is 2.15. The molecule has 104 valence electrons. The Morgan fingerprint density at radius 3 is 2.90 bits per heavy atom. The molecule has 1 aliphatic rings. The number of rotatable bonds is 3. The smallest absolute Gasteiger partial charge is 0.124 e. The van der Waals surface area contributed by atoms with Gasteiger partial charge in [-0.2, -0.15) is 0 Å². The fraction of sp³-hybridized carbons (Fsp3) is 0.250. The van der Waals surface area contributed by atoms with Gasteiger partial charge in [0.25, 0.3) is 0 Å². The van der Waals surface area contributed by atoms with Gasteiger partial charge in [-0.25, -0.2) is 4.39 Å². The SMILES string of the molecule is CC(Nc1ccc(F)cc1I)c1ccc2c(c1)CCO2. The van der Waals surface area contributed by atoms with Crippen LogP contribution in [0.3, 0.4) is 0 Å². The number of hydrogen-bond donors (Lipinski definition) is 1. The van der Waals surface area contributed by atoms with Crippen LogP contribution in [0.4, 0.5) is 10.1 Å². The quantitative estimate of drug-likeness (QED) is 0.786. The molecule has 0 amide bonds. The number of fused-ring (bicyclic) bond motifs is 1. The van der Waals surface area contributed by atoms with Gasteiger partial charge < -0.3 is 10.1 Å². The standard InChI is InChI=1S/C16H15FINO/c1-10(19-15-4-3-13(17)9-14(15)18)11-2-5-16-12(8-11)6-7-20-16/h2-5,8-10,19H,6-7H2,1H3. The lowest BCUT2D eigenvalue weighted by Gasteiger charge is -2.17. The molecule has 0 aliphatic carbocycles. The Morgan fingerprint density at radius 2 is 2.10 bits per heavy atom. The fourth-order valence-corrected chi connectivity index (χ4v) is 3.03. The lowest BCUT2D eigenvalue weighted by molar-refractivity contribution is 0.357. The zero-order valence-corrected chi connectivity index (χ0v) is 13.3. The van der Waals surface area contributed by atoms with Crippen molar-refractivity contribution in [2.75, 3.05) is 11.9 Å². The Kier molecular flexibility index (Phi) is 3.83. The predicted octanol–water partition coefficient (Wildman–Crippen LogP) is 4.54. The molecular formula is C16H15FINO. The molecule has 0 saturated carbocycles. The number of nitrogens with one attached hydrogen (secondary N) is 1. The van der Waals surface area contributed by atoms with Crippen molar-refractivity contribution in [1.82, 2.24) is 0 Å². The van der Waals surface area contributed by atoms with Crippen LogP contribution >= 0.6 is 22.6 Å². The molecule has 2 aromatic rings. The molecule has 4 heteroatoms. The molecule has 0 spiro atoms. The second kappa shape index (κ2) is 5.60. The van der Waals surface area contributed by atoms with Crippen LogP contribution < -0.4 is 10.1 Å². The zero-order valence-electron chi connectivity index (χ0n) is 11.1. The lowest BCUT2D eigenvalue weighted by atomic mass is 10.0. The first-order valence-corrected chi connectivity index (χ1v) is 7.68. The number of halogens is 2. The maximum absolute atomic E-state index is 13.1. The van der Waals surface area contributed by atoms with Crippen LogP contribution in [0.15, 0.2) is 36.4 Å². The van der Waals surface area contributed by atoms with Crippen LogP contribution in [0.25, 0.3) is 0 Å². The van der Waals surface area contributed by atoms with Crippen LogP contribution in [-0.4, -0.2) is 6.61 Å². The van der Waals surface area contributed by atoms with Gasteiger partial charge in [0.2, 0.25) is 0 Å². The van der Waals surface area contributed by atoms with Crippen molar-refractivity contribution in [3.05, 3.63) is 56.9 Å². The van der Waals surface area contributed by atoms with Gasteiger partial charge in [-0.15, -0.1) is 0 Å². The third-order valence-corrected chi connectivity index (χ3v) is 4.41. The Hall–Kier alpha value is -1.30. The van der Waals surface area contributed by atoms with Crippen molar-refractivity contribution >= 4 is 28.3 Å². The van der Waals surface area contributed by atoms with Gasteiger partial charge in [0.05, 0.1) is 6.61 Å². The molecule has 1 heterocycles. The van der Waals surface area contributed by atoms with Crippen molar-refractivity contribution in [3.63, 3.8) is 0 Å². The van der Waals surface area contributed by atoms with E-state index in [4.69, 9.17) is 4.74 Å². The first-order chi connectivity index (χ1) is 9.63. The molecule has 0 fully saturated rings. The van der Waals surface area contributed by atoms with Gasteiger partial charge in [0.15, 0.2) is 0 Å². The van der Waals surface area contributed by atoms with Crippen LogP contribution in [0, 0.1) is 9.39 Å². The molecule has 0 bridgehead atoms. The minimum absolute atomic E-state index is 0.167. The van der Waals surface area contributed by atoms with E-state index in [0.717, 1.165) is 28.0 Å². The van der Waals surface area contributed by atoms with Gasteiger partial charge >= 0.3 is 0 Å². The Balaban J connectivity index is 1.80. The van der Waals surface area contributed by atoms with Gasteiger partial charge in [-0.05, 0) is 71.0 Å². The fourth-order valence-electron chi connectivity index (χ4n) is 2.40. The normalized spacial score (nSPS) is 14.6. The minimum atomic E-state index is -0.206. The van der Waals surface area contributed by atoms with Crippen molar-refractivity contribution in [1.29, 1.82) is 0 Å². The summed E-state index contributed by atoms with van der Waals surface area (Å²) in [6.07, 6.45) is 0.976. The van der Waals surface area contributed by atoms with Crippen LogP contribution in [0.5, 0.6) is 5.75 Å². The summed E-state index contributed by atoms with van der Waals surface area (Å²) in [6, 6.07) is 11.3. The summed E-state index contributed by atoms with van der Waals surface area (Å²) < 4.78 is 19.5. The Morgan fingerprint density at radius 1 is 1.25 bits per heavy atom. The number of ether oxygens (including phenoxy) is 1. The molecule has 1 unspecified atom stereocenters. The second-order valence-corrected chi connectivity index (χ2v) is 6.12. The molecular weight excluding hydrogens is 368 g/mol. The highest BCUT2D eigenvalue weighted by molar-refractivity contribution is 14.1. The van der Waals surface area contributed by atoms with Crippen LogP contribution in [0.1, 0.15) is 24.1 Å².